The summed E-state index contributed by atoms with van der Waals surface area (Å²) in [5, 5.41) is 0.474. The third kappa shape index (κ3) is 3.12. The first-order valence-corrected chi connectivity index (χ1v) is 6.56. The monoisotopic (exact) mass is 346 g/mol. The lowest BCUT2D eigenvalue weighted by atomic mass is 9.99. The molecule has 0 aliphatic rings. The van der Waals surface area contributed by atoms with E-state index in [4.69, 9.17) is 17.4 Å². The predicted molar refractivity (Wildman–Crippen MR) is 74.7 cm³/mol. The van der Waals surface area contributed by atoms with Gasteiger partial charge in [-0.25, -0.2) is 14.2 Å². The Bertz CT molecular complexity index is 607. The first kappa shape index (κ1) is 14.4. The largest absolute Gasteiger partial charge is 0.271 e. The lowest BCUT2D eigenvalue weighted by Gasteiger charge is -2.18. The highest BCUT2D eigenvalue weighted by Crippen LogP contribution is 2.30. The van der Waals surface area contributed by atoms with E-state index in [1.807, 2.05) is 0 Å². The fourth-order valence-corrected chi connectivity index (χ4v) is 2.58. The Labute approximate surface area is 122 Å². The van der Waals surface area contributed by atoms with E-state index in [9.17, 15) is 8.78 Å². The summed E-state index contributed by atoms with van der Waals surface area (Å²) in [6.07, 6.45) is 0. The number of hydrogen-bond acceptors (Lipinski definition) is 2. The van der Waals surface area contributed by atoms with Crippen LogP contribution in [0.2, 0.25) is 5.02 Å². The van der Waals surface area contributed by atoms with Crippen LogP contribution >= 0.6 is 27.5 Å². The number of hydrogen-bond donors (Lipinski definition) is 2. The fraction of sp³-hybridized carbons (Fsp3) is 0.0769. The molecule has 1 unspecified atom stereocenters. The molecule has 2 rings (SSSR count). The lowest BCUT2D eigenvalue weighted by molar-refractivity contribution is 0.504. The lowest BCUT2D eigenvalue weighted by Crippen LogP contribution is -2.29. The van der Waals surface area contributed by atoms with E-state index in [2.05, 4.69) is 21.4 Å². The number of rotatable bonds is 3. The van der Waals surface area contributed by atoms with Gasteiger partial charge in [0.2, 0.25) is 0 Å². The summed E-state index contributed by atoms with van der Waals surface area (Å²) >= 11 is 9.43. The van der Waals surface area contributed by atoms with E-state index < -0.39 is 17.7 Å². The molecule has 0 aliphatic heterocycles. The van der Waals surface area contributed by atoms with Gasteiger partial charge in [-0.05, 0) is 35.4 Å². The predicted octanol–water partition coefficient (Wildman–Crippen LogP) is 3.93. The molecule has 0 heterocycles. The second kappa shape index (κ2) is 5.96. The van der Waals surface area contributed by atoms with Gasteiger partial charge in [0.25, 0.3) is 0 Å². The van der Waals surface area contributed by atoms with Crippen LogP contribution in [-0.4, -0.2) is 0 Å². The summed E-state index contributed by atoms with van der Waals surface area (Å²) < 4.78 is 27.0. The minimum absolute atomic E-state index is 0.474. The van der Waals surface area contributed by atoms with E-state index in [1.165, 1.54) is 6.07 Å². The van der Waals surface area contributed by atoms with Crippen LogP contribution in [0.1, 0.15) is 17.2 Å². The van der Waals surface area contributed by atoms with Gasteiger partial charge >= 0.3 is 0 Å². The highest BCUT2D eigenvalue weighted by Gasteiger charge is 2.17. The highest BCUT2D eigenvalue weighted by molar-refractivity contribution is 9.10. The van der Waals surface area contributed by atoms with Crippen molar-refractivity contribution in [3.05, 3.63) is 68.7 Å². The number of halogens is 4. The van der Waals surface area contributed by atoms with E-state index >= 15 is 0 Å². The molecule has 6 heteroatoms. The van der Waals surface area contributed by atoms with Crippen LogP contribution in [0.5, 0.6) is 0 Å². The minimum atomic E-state index is -0.925. The van der Waals surface area contributed by atoms with Crippen molar-refractivity contribution in [2.24, 2.45) is 5.84 Å². The molecular weight excluding hydrogens is 338 g/mol. The van der Waals surface area contributed by atoms with Crippen molar-refractivity contribution in [3.63, 3.8) is 0 Å². The third-order valence-electron chi connectivity index (χ3n) is 2.72. The zero-order valence-corrected chi connectivity index (χ0v) is 12.0. The maximum Gasteiger partial charge on any atom is 0.159 e. The quantitative estimate of drug-likeness (QED) is 0.652. The van der Waals surface area contributed by atoms with Crippen molar-refractivity contribution in [1.29, 1.82) is 0 Å². The Hall–Kier alpha value is -1.01. The molecule has 0 saturated heterocycles. The molecule has 2 aromatic carbocycles. The summed E-state index contributed by atoms with van der Waals surface area (Å²) in [6.45, 7) is 0. The molecule has 0 saturated carbocycles. The van der Waals surface area contributed by atoms with Crippen LogP contribution in [-0.2, 0) is 0 Å². The number of nitrogens with two attached hydrogens (primary N) is 1. The molecule has 0 radical (unpaired) electrons. The molecule has 2 aromatic rings. The maximum atomic E-state index is 13.3. The molecule has 0 fully saturated rings. The second-order valence-corrected chi connectivity index (χ2v) is 5.26. The second-order valence-electron chi connectivity index (χ2n) is 3.94. The standard InChI is InChI=1S/C13H10BrClF2N2/c14-8-2-3-9(10(15)6-8)13(19-18)7-1-4-11(16)12(17)5-7/h1-6,13,19H,18H2. The van der Waals surface area contributed by atoms with Crippen LogP contribution in [0, 0.1) is 11.6 Å². The number of benzene rings is 2. The van der Waals surface area contributed by atoms with Gasteiger partial charge < -0.3 is 0 Å². The first-order valence-electron chi connectivity index (χ1n) is 5.39. The molecule has 0 aromatic heterocycles. The summed E-state index contributed by atoms with van der Waals surface area (Å²) in [5.74, 6) is 3.67. The van der Waals surface area contributed by atoms with Crippen LogP contribution in [0.15, 0.2) is 40.9 Å². The SMILES string of the molecule is NNC(c1ccc(F)c(F)c1)c1ccc(Br)cc1Cl. The Morgan fingerprint density at radius 2 is 1.84 bits per heavy atom. The van der Waals surface area contributed by atoms with Gasteiger partial charge in [-0.15, -0.1) is 0 Å². The van der Waals surface area contributed by atoms with Crippen molar-refractivity contribution >= 4 is 27.5 Å². The van der Waals surface area contributed by atoms with Gasteiger partial charge in [-0.2, -0.15) is 0 Å². The van der Waals surface area contributed by atoms with Crippen molar-refractivity contribution in [3.8, 4) is 0 Å². The Balaban J connectivity index is 2.46. The highest BCUT2D eigenvalue weighted by atomic mass is 79.9. The Morgan fingerprint density at radius 1 is 1.11 bits per heavy atom. The van der Waals surface area contributed by atoms with Gasteiger partial charge in [0.05, 0.1) is 6.04 Å². The fourth-order valence-electron chi connectivity index (χ4n) is 1.79. The summed E-state index contributed by atoms with van der Waals surface area (Å²) in [7, 11) is 0. The van der Waals surface area contributed by atoms with Crippen molar-refractivity contribution < 1.29 is 8.78 Å². The molecule has 2 nitrogen and oxygen atoms in total. The smallest absolute Gasteiger partial charge is 0.159 e. The van der Waals surface area contributed by atoms with E-state index in [0.29, 0.717) is 16.1 Å². The summed E-state index contributed by atoms with van der Waals surface area (Å²) in [6, 6.07) is 8.36. The Kier molecular flexibility index (Phi) is 4.52. The molecular formula is C13H10BrClF2N2. The van der Waals surface area contributed by atoms with Crippen LogP contribution in [0.4, 0.5) is 8.78 Å². The normalized spacial score (nSPS) is 12.5. The topological polar surface area (TPSA) is 38.0 Å². The zero-order valence-electron chi connectivity index (χ0n) is 9.63. The van der Waals surface area contributed by atoms with Gasteiger partial charge in [-0.3, -0.25) is 5.84 Å². The zero-order chi connectivity index (χ0) is 14.0. The number of hydrazine groups is 1. The average Bonchev–Trinajstić information content (AvgIpc) is 2.37. The van der Waals surface area contributed by atoms with Crippen LogP contribution < -0.4 is 11.3 Å². The molecule has 0 spiro atoms. The van der Waals surface area contributed by atoms with E-state index in [1.54, 1.807) is 18.2 Å². The first-order chi connectivity index (χ1) is 9.02. The van der Waals surface area contributed by atoms with Crippen LogP contribution in [0.3, 0.4) is 0 Å². The van der Waals surface area contributed by atoms with Gasteiger partial charge in [0.1, 0.15) is 0 Å². The minimum Gasteiger partial charge on any atom is -0.271 e. The van der Waals surface area contributed by atoms with E-state index in [0.717, 1.165) is 16.6 Å². The van der Waals surface area contributed by atoms with Gasteiger partial charge in [-0.1, -0.05) is 39.7 Å². The molecule has 3 N–H and O–H groups in total. The van der Waals surface area contributed by atoms with Gasteiger partial charge in [0, 0.05) is 9.50 Å². The maximum absolute atomic E-state index is 13.3. The molecule has 100 valence electrons. The molecule has 0 bridgehead atoms. The van der Waals surface area contributed by atoms with Gasteiger partial charge in [0.15, 0.2) is 11.6 Å². The summed E-state index contributed by atoms with van der Waals surface area (Å²) in [4.78, 5) is 0. The summed E-state index contributed by atoms with van der Waals surface area (Å²) in [5.41, 5.74) is 3.72. The van der Waals surface area contributed by atoms with Crippen molar-refractivity contribution in [2.75, 3.05) is 0 Å². The number of nitrogens with one attached hydrogen (secondary N) is 1. The van der Waals surface area contributed by atoms with Crippen molar-refractivity contribution in [2.45, 2.75) is 6.04 Å². The molecule has 0 amide bonds. The molecule has 0 aliphatic carbocycles. The molecule has 1 atom stereocenters. The van der Waals surface area contributed by atoms with E-state index in [-0.39, 0.29) is 0 Å². The van der Waals surface area contributed by atoms with Crippen molar-refractivity contribution in [1.82, 2.24) is 5.43 Å². The average molecular weight is 348 g/mol. The Morgan fingerprint density at radius 3 is 2.42 bits per heavy atom. The van der Waals surface area contributed by atoms with Crippen LogP contribution in [0.25, 0.3) is 0 Å². The third-order valence-corrected chi connectivity index (χ3v) is 3.54. The molecule has 19 heavy (non-hydrogen) atoms.